The number of ketones is 1. The molecule has 1 saturated carbocycles. The van der Waals surface area contributed by atoms with Crippen molar-refractivity contribution in [2.24, 2.45) is 0 Å². The Bertz CT molecular complexity index is 493. The van der Waals surface area contributed by atoms with Crippen molar-refractivity contribution < 1.29 is 9.59 Å². The van der Waals surface area contributed by atoms with Crippen LogP contribution in [-0.4, -0.2) is 22.2 Å². The molecule has 0 radical (unpaired) electrons. The molecule has 19 heavy (non-hydrogen) atoms. The molecular weight excluding hydrogens is 260 g/mol. The Balaban J connectivity index is 1.62. The standard InChI is InChI=1S/C14H16N2O2S/c17-12-7-3-2-6-11(12)15-14(18)16-9-10-5-1-4-8-13(10)19-16/h1,4-5,8,11H,2-3,6-7,9H2,(H,15,18). The number of benzene rings is 1. The van der Waals surface area contributed by atoms with Gasteiger partial charge in [-0.15, -0.1) is 0 Å². The van der Waals surface area contributed by atoms with E-state index in [0.717, 1.165) is 29.7 Å². The number of amides is 2. The molecule has 1 aliphatic carbocycles. The summed E-state index contributed by atoms with van der Waals surface area (Å²) in [5.41, 5.74) is 1.16. The fourth-order valence-corrected chi connectivity index (χ4v) is 3.47. The van der Waals surface area contributed by atoms with Gasteiger partial charge in [0, 0.05) is 11.3 Å². The summed E-state index contributed by atoms with van der Waals surface area (Å²) in [5, 5.41) is 2.86. The second-order valence-corrected chi connectivity index (χ2v) is 6.01. The van der Waals surface area contributed by atoms with Gasteiger partial charge in [-0.1, -0.05) is 24.6 Å². The van der Waals surface area contributed by atoms with E-state index in [-0.39, 0.29) is 17.9 Å². The first kappa shape index (κ1) is 12.5. The minimum atomic E-state index is -0.287. The molecule has 5 heteroatoms. The molecule has 1 heterocycles. The molecule has 1 N–H and O–H groups in total. The van der Waals surface area contributed by atoms with Gasteiger partial charge in [-0.3, -0.25) is 9.10 Å². The third kappa shape index (κ3) is 2.61. The quantitative estimate of drug-likeness (QED) is 0.802. The van der Waals surface area contributed by atoms with Crippen LogP contribution in [0.2, 0.25) is 0 Å². The topological polar surface area (TPSA) is 49.4 Å². The summed E-state index contributed by atoms with van der Waals surface area (Å²) in [6.45, 7) is 0.605. The van der Waals surface area contributed by atoms with Crippen molar-refractivity contribution in [3.63, 3.8) is 0 Å². The highest BCUT2D eigenvalue weighted by atomic mass is 32.2. The van der Waals surface area contributed by atoms with E-state index in [1.165, 1.54) is 11.9 Å². The molecule has 0 aromatic heterocycles. The lowest BCUT2D eigenvalue weighted by Crippen LogP contribution is -2.46. The monoisotopic (exact) mass is 276 g/mol. The van der Waals surface area contributed by atoms with Crippen LogP contribution in [-0.2, 0) is 11.3 Å². The predicted octanol–water partition coefficient (Wildman–Crippen LogP) is 2.73. The van der Waals surface area contributed by atoms with Gasteiger partial charge in [0.25, 0.3) is 0 Å². The van der Waals surface area contributed by atoms with Crippen molar-refractivity contribution in [1.82, 2.24) is 9.62 Å². The van der Waals surface area contributed by atoms with Crippen molar-refractivity contribution in [3.05, 3.63) is 29.8 Å². The molecule has 2 amide bonds. The zero-order chi connectivity index (χ0) is 13.2. The molecule has 1 aromatic carbocycles. The van der Waals surface area contributed by atoms with E-state index in [2.05, 4.69) is 5.32 Å². The van der Waals surface area contributed by atoms with Crippen LogP contribution in [0.1, 0.15) is 31.2 Å². The van der Waals surface area contributed by atoms with Crippen LogP contribution in [0.5, 0.6) is 0 Å². The van der Waals surface area contributed by atoms with Gasteiger partial charge in [0.15, 0.2) is 5.78 Å². The summed E-state index contributed by atoms with van der Waals surface area (Å²) in [5.74, 6) is 0.168. The van der Waals surface area contributed by atoms with E-state index < -0.39 is 0 Å². The zero-order valence-corrected chi connectivity index (χ0v) is 11.4. The maximum atomic E-state index is 12.2. The van der Waals surface area contributed by atoms with Gasteiger partial charge in [0.1, 0.15) is 0 Å². The second kappa shape index (κ2) is 5.25. The molecule has 0 saturated heterocycles. The fourth-order valence-electron chi connectivity index (χ4n) is 2.50. The van der Waals surface area contributed by atoms with Crippen LogP contribution >= 0.6 is 11.9 Å². The maximum absolute atomic E-state index is 12.2. The first-order chi connectivity index (χ1) is 9.24. The summed E-state index contributed by atoms with van der Waals surface area (Å²) in [7, 11) is 0. The second-order valence-electron chi connectivity index (χ2n) is 4.95. The number of urea groups is 1. The van der Waals surface area contributed by atoms with Crippen LogP contribution in [0, 0.1) is 0 Å². The molecule has 1 unspecified atom stereocenters. The number of nitrogens with one attached hydrogen (secondary N) is 1. The summed E-state index contributed by atoms with van der Waals surface area (Å²) in [6.07, 6.45) is 3.34. The number of rotatable bonds is 1. The largest absolute Gasteiger partial charge is 0.328 e. The summed E-state index contributed by atoms with van der Waals surface area (Å²) in [4.78, 5) is 25.0. The van der Waals surface area contributed by atoms with Crippen molar-refractivity contribution in [2.75, 3.05) is 0 Å². The van der Waals surface area contributed by atoms with E-state index in [1.807, 2.05) is 24.3 Å². The lowest BCUT2D eigenvalue weighted by atomic mass is 9.94. The minimum Gasteiger partial charge on any atom is -0.327 e. The van der Waals surface area contributed by atoms with Crippen LogP contribution < -0.4 is 5.32 Å². The van der Waals surface area contributed by atoms with E-state index in [0.29, 0.717) is 13.0 Å². The number of hydrogen-bond donors (Lipinski definition) is 1. The Hall–Kier alpha value is -1.49. The molecule has 2 aliphatic rings. The van der Waals surface area contributed by atoms with Crippen molar-refractivity contribution >= 4 is 23.8 Å². The number of nitrogens with zero attached hydrogens (tertiary/aromatic N) is 1. The van der Waals surface area contributed by atoms with Crippen molar-refractivity contribution in [1.29, 1.82) is 0 Å². The lowest BCUT2D eigenvalue weighted by molar-refractivity contribution is -0.122. The summed E-state index contributed by atoms with van der Waals surface area (Å²) in [6, 6.07) is 7.55. The molecule has 1 atom stereocenters. The summed E-state index contributed by atoms with van der Waals surface area (Å²) < 4.78 is 1.69. The van der Waals surface area contributed by atoms with Gasteiger partial charge in [-0.05, 0) is 36.4 Å². The fraction of sp³-hybridized carbons (Fsp3) is 0.429. The average molecular weight is 276 g/mol. The van der Waals surface area contributed by atoms with Crippen LogP contribution in [0.15, 0.2) is 29.2 Å². The third-order valence-corrected chi connectivity index (χ3v) is 4.68. The number of hydrogen-bond acceptors (Lipinski definition) is 3. The van der Waals surface area contributed by atoms with Crippen molar-refractivity contribution in [3.8, 4) is 0 Å². The first-order valence-electron chi connectivity index (χ1n) is 6.60. The Morgan fingerprint density at radius 1 is 1.32 bits per heavy atom. The average Bonchev–Trinajstić information content (AvgIpc) is 2.85. The highest BCUT2D eigenvalue weighted by Gasteiger charge is 2.29. The maximum Gasteiger partial charge on any atom is 0.328 e. The minimum absolute atomic E-state index is 0.151. The van der Waals surface area contributed by atoms with Crippen LogP contribution in [0.25, 0.3) is 0 Å². The third-order valence-electron chi connectivity index (χ3n) is 3.57. The van der Waals surface area contributed by atoms with Crippen LogP contribution in [0.3, 0.4) is 0 Å². The Morgan fingerprint density at radius 2 is 2.16 bits per heavy atom. The number of fused-ring (bicyclic) bond motifs is 1. The smallest absolute Gasteiger partial charge is 0.327 e. The Kier molecular flexibility index (Phi) is 3.46. The molecule has 4 nitrogen and oxygen atoms in total. The van der Waals surface area contributed by atoms with Gasteiger partial charge < -0.3 is 5.32 Å². The first-order valence-corrected chi connectivity index (χ1v) is 7.38. The molecular formula is C14H16N2O2S. The van der Waals surface area contributed by atoms with Gasteiger partial charge in [-0.2, -0.15) is 0 Å². The van der Waals surface area contributed by atoms with Gasteiger partial charge >= 0.3 is 6.03 Å². The molecule has 100 valence electrons. The normalized spacial score (nSPS) is 22.2. The molecule has 1 fully saturated rings. The molecule has 0 spiro atoms. The summed E-state index contributed by atoms with van der Waals surface area (Å²) >= 11 is 1.44. The van der Waals surface area contributed by atoms with E-state index in [1.54, 1.807) is 4.31 Å². The van der Waals surface area contributed by atoms with E-state index in [9.17, 15) is 9.59 Å². The van der Waals surface area contributed by atoms with Gasteiger partial charge in [0.05, 0.1) is 12.6 Å². The highest BCUT2D eigenvalue weighted by Crippen LogP contribution is 2.35. The molecule has 3 rings (SSSR count). The number of carbonyl (C=O) groups is 2. The Labute approximate surface area is 116 Å². The van der Waals surface area contributed by atoms with Gasteiger partial charge in [0.2, 0.25) is 0 Å². The van der Waals surface area contributed by atoms with Crippen LogP contribution in [0.4, 0.5) is 4.79 Å². The molecule has 0 bridgehead atoms. The molecule has 1 aliphatic heterocycles. The SMILES string of the molecule is O=C1CCCCC1NC(=O)N1Cc2ccccc2S1. The lowest BCUT2D eigenvalue weighted by Gasteiger charge is -2.24. The predicted molar refractivity (Wildman–Crippen MR) is 73.6 cm³/mol. The Morgan fingerprint density at radius 3 is 2.95 bits per heavy atom. The molecule has 1 aromatic rings. The van der Waals surface area contributed by atoms with E-state index >= 15 is 0 Å². The zero-order valence-electron chi connectivity index (χ0n) is 10.6. The van der Waals surface area contributed by atoms with Gasteiger partial charge in [-0.25, -0.2) is 4.79 Å². The van der Waals surface area contributed by atoms with E-state index in [4.69, 9.17) is 0 Å². The van der Waals surface area contributed by atoms with Crippen molar-refractivity contribution in [2.45, 2.75) is 43.2 Å². The highest BCUT2D eigenvalue weighted by molar-refractivity contribution is 7.97. The number of Topliss-reactive ketones (excluding diaryl/α,β-unsaturated/α-hetero) is 1. The number of carbonyl (C=O) groups excluding carboxylic acids is 2.